The van der Waals surface area contributed by atoms with Crippen LogP contribution in [0, 0.1) is 17.1 Å². The van der Waals surface area contributed by atoms with E-state index >= 15 is 0 Å². The monoisotopic (exact) mass is 455 g/mol. The highest BCUT2D eigenvalue weighted by molar-refractivity contribution is 7.90. The molecule has 160 valence electrons. The molecule has 0 bridgehead atoms. The predicted octanol–water partition coefficient (Wildman–Crippen LogP) is 2.05. The quantitative estimate of drug-likeness (QED) is 0.635. The molecule has 2 aromatic rings. The Kier molecular flexibility index (Phi) is 6.33. The van der Waals surface area contributed by atoms with Crippen molar-refractivity contribution in [3.05, 3.63) is 46.5 Å². The van der Waals surface area contributed by atoms with Gasteiger partial charge in [0.05, 0.1) is 22.4 Å². The number of nitrogens with one attached hydrogen (secondary N) is 2. The summed E-state index contributed by atoms with van der Waals surface area (Å²) in [7, 11) is -2.40. The Morgan fingerprint density at radius 3 is 2.67 bits per heavy atom. The summed E-state index contributed by atoms with van der Waals surface area (Å²) in [4.78, 5) is 12.6. The molecular formula is C18H19ClFN5O4S. The Morgan fingerprint density at radius 2 is 2.03 bits per heavy atom. The van der Waals surface area contributed by atoms with Gasteiger partial charge in [-0.15, -0.1) is 0 Å². The second-order valence-electron chi connectivity index (χ2n) is 6.81. The molecule has 0 radical (unpaired) electrons. The number of anilines is 2. The van der Waals surface area contributed by atoms with Gasteiger partial charge in [0.15, 0.2) is 0 Å². The lowest BCUT2D eigenvalue weighted by atomic mass is 10.1. The fourth-order valence-corrected chi connectivity index (χ4v) is 4.72. The van der Waals surface area contributed by atoms with Crippen molar-refractivity contribution in [3.63, 3.8) is 0 Å². The number of rotatable bonds is 5. The standard InChI is InChI=1S/C18H19ClFN5O4S/c1-24-10-15(23-30(28,29)25-6-4-13(26)5-7-25)16(19)17(24)18(27)22-12-2-3-14(20)11(8-12)9-21/h2-3,8,10,13,23,26H,4-7H2,1H3,(H,22,27). The van der Waals surface area contributed by atoms with E-state index in [4.69, 9.17) is 16.9 Å². The van der Waals surface area contributed by atoms with Crippen molar-refractivity contribution in [2.75, 3.05) is 23.1 Å². The van der Waals surface area contributed by atoms with Crippen molar-refractivity contribution >= 4 is 39.1 Å². The van der Waals surface area contributed by atoms with Crippen LogP contribution in [0.2, 0.25) is 5.02 Å². The zero-order valence-corrected chi connectivity index (χ0v) is 17.5. The Labute approximate surface area is 177 Å². The molecule has 2 heterocycles. The van der Waals surface area contributed by atoms with Gasteiger partial charge in [0.2, 0.25) is 0 Å². The van der Waals surface area contributed by atoms with E-state index in [2.05, 4.69) is 10.0 Å². The van der Waals surface area contributed by atoms with Crippen molar-refractivity contribution in [1.29, 1.82) is 5.26 Å². The Balaban J connectivity index is 1.80. The highest BCUT2D eigenvalue weighted by Gasteiger charge is 2.29. The van der Waals surface area contributed by atoms with E-state index in [9.17, 15) is 22.7 Å². The third kappa shape index (κ3) is 4.57. The number of piperidine rings is 1. The van der Waals surface area contributed by atoms with Gasteiger partial charge < -0.3 is 15.0 Å². The molecule has 0 atom stereocenters. The number of carbonyl (C=O) groups is 1. The number of hydrogen-bond acceptors (Lipinski definition) is 5. The fraction of sp³-hybridized carbons (Fsp3) is 0.333. The van der Waals surface area contributed by atoms with Crippen LogP contribution in [0.4, 0.5) is 15.8 Å². The number of halogens is 2. The number of nitriles is 1. The minimum absolute atomic E-state index is 0.0206. The summed E-state index contributed by atoms with van der Waals surface area (Å²) in [6.07, 6.45) is 1.50. The molecule has 1 aromatic carbocycles. The topological polar surface area (TPSA) is 127 Å². The van der Waals surface area contributed by atoms with Gasteiger partial charge in [-0.05, 0) is 31.0 Å². The van der Waals surface area contributed by atoms with Crippen molar-refractivity contribution in [2.24, 2.45) is 7.05 Å². The number of hydrogen-bond donors (Lipinski definition) is 3. The van der Waals surface area contributed by atoms with Gasteiger partial charge in [-0.1, -0.05) is 11.6 Å². The lowest BCUT2D eigenvalue weighted by molar-refractivity contribution is 0.101. The second-order valence-corrected chi connectivity index (χ2v) is 8.86. The van der Waals surface area contributed by atoms with Crippen LogP contribution in [0.3, 0.4) is 0 Å². The molecule has 1 aliphatic rings. The van der Waals surface area contributed by atoms with Crippen LogP contribution in [0.1, 0.15) is 28.9 Å². The van der Waals surface area contributed by atoms with Crippen LogP contribution < -0.4 is 10.0 Å². The number of aryl methyl sites for hydroxylation is 1. The van der Waals surface area contributed by atoms with Gasteiger partial charge in [-0.2, -0.15) is 18.0 Å². The molecule has 12 heteroatoms. The van der Waals surface area contributed by atoms with E-state index < -0.39 is 28.0 Å². The normalized spacial score (nSPS) is 15.6. The smallest absolute Gasteiger partial charge is 0.301 e. The first-order valence-electron chi connectivity index (χ1n) is 8.94. The van der Waals surface area contributed by atoms with Gasteiger partial charge in [-0.25, -0.2) is 4.39 Å². The van der Waals surface area contributed by atoms with Crippen molar-refractivity contribution in [3.8, 4) is 6.07 Å². The highest BCUT2D eigenvalue weighted by Crippen LogP contribution is 2.30. The molecule has 0 saturated carbocycles. The maximum atomic E-state index is 13.5. The van der Waals surface area contributed by atoms with Crippen molar-refractivity contribution in [1.82, 2.24) is 8.87 Å². The maximum absolute atomic E-state index is 13.5. The summed E-state index contributed by atoms with van der Waals surface area (Å²) in [5.74, 6) is -1.38. The lowest BCUT2D eigenvalue weighted by Crippen LogP contribution is -2.42. The zero-order chi connectivity index (χ0) is 22.1. The Morgan fingerprint density at radius 1 is 1.37 bits per heavy atom. The summed E-state index contributed by atoms with van der Waals surface area (Å²) in [6, 6.07) is 5.20. The highest BCUT2D eigenvalue weighted by atomic mass is 35.5. The first-order valence-corrected chi connectivity index (χ1v) is 10.8. The fourth-order valence-electron chi connectivity index (χ4n) is 3.09. The summed E-state index contributed by atoms with van der Waals surface area (Å²) in [5, 5.41) is 20.8. The molecule has 0 aliphatic carbocycles. The summed E-state index contributed by atoms with van der Waals surface area (Å²) < 4.78 is 43.6. The molecule has 1 aliphatic heterocycles. The molecule has 3 N–H and O–H groups in total. The van der Waals surface area contributed by atoms with E-state index in [0.717, 1.165) is 6.07 Å². The van der Waals surface area contributed by atoms with E-state index in [-0.39, 0.29) is 40.7 Å². The van der Waals surface area contributed by atoms with Crippen LogP contribution in [-0.2, 0) is 17.3 Å². The Hall–Kier alpha value is -2.65. The second kappa shape index (κ2) is 8.61. The predicted molar refractivity (Wildman–Crippen MR) is 109 cm³/mol. The van der Waals surface area contributed by atoms with Crippen LogP contribution >= 0.6 is 11.6 Å². The van der Waals surface area contributed by atoms with Crippen LogP contribution in [-0.4, -0.2) is 47.5 Å². The van der Waals surface area contributed by atoms with Gasteiger partial charge in [0.1, 0.15) is 17.6 Å². The summed E-state index contributed by atoms with van der Waals surface area (Å²) >= 11 is 6.26. The number of carbonyl (C=O) groups excluding carboxylic acids is 1. The SMILES string of the molecule is Cn1cc(NS(=O)(=O)N2CCC(O)CC2)c(Cl)c1C(=O)Nc1ccc(F)c(C#N)c1. The lowest BCUT2D eigenvalue weighted by Gasteiger charge is -2.28. The molecule has 1 amide bonds. The molecule has 0 unspecified atom stereocenters. The Bertz CT molecular complexity index is 1120. The molecule has 1 fully saturated rings. The molecule has 1 saturated heterocycles. The largest absolute Gasteiger partial charge is 0.393 e. The first-order chi connectivity index (χ1) is 14.1. The van der Waals surface area contributed by atoms with E-state index in [1.807, 2.05) is 0 Å². The van der Waals surface area contributed by atoms with Crippen LogP contribution in [0.15, 0.2) is 24.4 Å². The maximum Gasteiger partial charge on any atom is 0.301 e. The summed E-state index contributed by atoms with van der Waals surface area (Å²) in [5.41, 5.74) is -0.0476. The average Bonchev–Trinajstić information content (AvgIpc) is 2.96. The van der Waals surface area contributed by atoms with Gasteiger partial charge in [0, 0.05) is 32.0 Å². The van der Waals surface area contributed by atoms with Crippen LogP contribution in [0.25, 0.3) is 0 Å². The van der Waals surface area contributed by atoms with E-state index in [0.29, 0.717) is 12.8 Å². The number of aliphatic hydroxyl groups excluding tert-OH is 1. The molecule has 9 nitrogen and oxygen atoms in total. The molecular weight excluding hydrogens is 437 g/mol. The van der Waals surface area contributed by atoms with Crippen molar-refractivity contribution < 1.29 is 22.7 Å². The average molecular weight is 456 g/mol. The molecule has 30 heavy (non-hydrogen) atoms. The third-order valence-corrected chi connectivity index (χ3v) is 6.59. The number of nitrogens with zero attached hydrogens (tertiary/aromatic N) is 3. The zero-order valence-electron chi connectivity index (χ0n) is 15.9. The van der Waals surface area contributed by atoms with Crippen LogP contribution in [0.5, 0.6) is 0 Å². The van der Waals surface area contributed by atoms with Gasteiger partial charge in [-0.3, -0.25) is 9.52 Å². The number of aliphatic hydroxyl groups is 1. The van der Waals surface area contributed by atoms with Gasteiger partial charge >= 0.3 is 10.2 Å². The molecule has 0 spiro atoms. The number of benzene rings is 1. The van der Waals surface area contributed by atoms with Gasteiger partial charge in [0.25, 0.3) is 5.91 Å². The van der Waals surface area contributed by atoms with E-state index in [1.54, 1.807) is 6.07 Å². The minimum atomic E-state index is -3.92. The number of amides is 1. The minimum Gasteiger partial charge on any atom is -0.393 e. The third-order valence-electron chi connectivity index (χ3n) is 4.68. The van der Waals surface area contributed by atoms with Crippen molar-refractivity contribution in [2.45, 2.75) is 18.9 Å². The first kappa shape index (κ1) is 22.0. The van der Waals surface area contributed by atoms with E-state index in [1.165, 1.54) is 34.2 Å². The number of aromatic nitrogens is 1. The molecule has 1 aromatic heterocycles. The molecule has 3 rings (SSSR count). The summed E-state index contributed by atoms with van der Waals surface area (Å²) in [6.45, 7) is 0.334.